The van der Waals surface area contributed by atoms with Gasteiger partial charge < -0.3 is 19.7 Å². The number of hydrogen-bond donors (Lipinski definition) is 1. The monoisotopic (exact) mass is 356 g/mol. The Hall–Kier alpha value is -3.02. The predicted octanol–water partition coefficient (Wildman–Crippen LogP) is 2.55. The molecule has 6 nitrogen and oxygen atoms in total. The first-order chi connectivity index (χ1) is 12.5. The van der Waals surface area contributed by atoms with Crippen LogP contribution in [0.4, 0.5) is 5.69 Å². The Balaban J connectivity index is 1.82. The molecule has 0 atom stereocenters. The van der Waals surface area contributed by atoms with E-state index in [4.69, 9.17) is 9.47 Å². The van der Waals surface area contributed by atoms with Gasteiger partial charge in [0, 0.05) is 25.7 Å². The van der Waals surface area contributed by atoms with Gasteiger partial charge in [0.15, 0.2) is 18.1 Å². The van der Waals surface area contributed by atoms with Gasteiger partial charge in [0.1, 0.15) is 0 Å². The lowest BCUT2D eigenvalue weighted by Crippen LogP contribution is -2.39. The lowest BCUT2D eigenvalue weighted by atomic mass is 10.2. The molecule has 0 aromatic heterocycles. The van der Waals surface area contributed by atoms with Crippen molar-refractivity contribution in [1.29, 1.82) is 0 Å². The van der Waals surface area contributed by atoms with Crippen molar-refractivity contribution in [2.75, 3.05) is 31.7 Å². The van der Waals surface area contributed by atoms with Gasteiger partial charge in [-0.15, -0.1) is 0 Å². The molecule has 26 heavy (non-hydrogen) atoms. The molecule has 0 bridgehead atoms. The van der Waals surface area contributed by atoms with Crippen LogP contribution in [0.1, 0.15) is 12.5 Å². The summed E-state index contributed by atoms with van der Waals surface area (Å²) in [6, 6.07) is 14.8. The number of ether oxygens (including phenoxy) is 2. The molecule has 0 saturated carbocycles. The van der Waals surface area contributed by atoms with E-state index in [1.807, 2.05) is 43.3 Å². The van der Waals surface area contributed by atoms with E-state index in [9.17, 15) is 9.59 Å². The summed E-state index contributed by atoms with van der Waals surface area (Å²) in [4.78, 5) is 25.5. The summed E-state index contributed by atoms with van der Waals surface area (Å²) >= 11 is 0. The smallest absolute Gasteiger partial charge is 0.258 e. The van der Waals surface area contributed by atoms with Gasteiger partial charge in [0.05, 0.1) is 7.11 Å². The highest BCUT2D eigenvalue weighted by atomic mass is 16.5. The van der Waals surface area contributed by atoms with E-state index >= 15 is 0 Å². The molecule has 2 aromatic rings. The van der Waals surface area contributed by atoms with Crippen LogP contribution in [-0.2, 0) is 9.59 Å². The minimum absolute atomic E-state index is 0.0756. The third-order valence-corrected chi connectivity index (χ3v) is 3.81. The van der Waals surface area contributed by atoms with Gasteiger partial charge in [-0.2, -0.15) is 0 Å². The van der Waals surface area contributed by atoms with E-state index in [1.165, 1.54) is 6.92 Å². The van der Waals surface area contributed by atoms with Gasteiger partial charge in [-0.25, -0.2) is 0 Å². The van der Waals surface area contributed by atoms with E-state index in [2.05, 4.69) is 5.32 Å². The molecule has 2 aromatic carbocycles. The van der Waals surface area contributed by atoms with Crippen molar-refractivity contribution in [3.63, 3.8) is 0 Å². The first-order valence-electron chi connectivity index (χ1n) is 8.38. The van der Waals surface area contributed by atoms with Crippen molar-refractivity contribution in [2.45, 2.75) is 13.8 Å². The van der Waals surface area contributed by atoms with Crippen LogP contribution >= 0.6 is 0 Å². The second-order valence-electron chi connectivity index (χ2n) is 5.80. The first kappa shape index (κ1) is 19.3. The molecule has 0 radical (unpaired) electrons. The molecule has 0 unspecified atom stereocenters. The number of nitrogens with zero attached hydrogens (tertiary/aromatic N) is 1. The average molecular weight is 356 g/mol. The molecule has 0 heterocycles. The Labute approximate surface area is 153 Å². The van der Waals surface area contributed by atoms with Crippen molar-refractivity contribution in [3.05, 3.63) is 54.1 Å². The van der Waals surface area contributed by atoms with Crippen LogP contribution < -0.4 is 19.7 Å². The zero-order chi connectivity index (χ0) is 18.9. The second kappa shape index (κ2) is 9.46. The van der Waals surface area contributed by atoms with Crippen LogP contribution in [0.25, 0.3) is 0 Å². The van der Waals surface area contributed by atoms with E-state index in [0.29, 0.717) is 24.6 Å². The Morgan fingerprint density at radius 1 is 1.04 bits per heavy atom. The van der Waals surface area contributed by atoms with Crippen molar-refractivity contribution in [1.82, 2.24) is 5.32 Å². The summed E-state index contributed by atoms with van der Waals surface area (Å²) in [7, 11) is 1.55. The third kappa shape index (κ3) is 5.51. The summed E-state index contributed by atoms with van der Waals surface area (Å²) < 4.78 is 10.6. The van der Waals surface area contributed by atoms with Crippen LogP contribution in [-0.4, -0.2) is 38.6 Å². The fourth-order valence-electron chi connectivity index (χ4n) is 2.43. The molecule has 0 saturated heterocycles. The highest BCUT2D eigenvalue weighted by molar-refractivity contribution is 5.91. The standard InChI is InChI=1S/C20H24N2O4/c1-15-8-10-17(11-9-15)22(16(2)23)13-12-21-20(24)14-26-19-7-5-4-6-18(19)25-3/h4-11H,12-14H2,1-3H3,(H,21,24). The topological polar surface area (TPSA) is 67.9 Å². The largest absolute Gasteiger partial charge is 0.493 e. The number of benzene rings is 2. The Bertz CT molecular complexity index is 744. The maximum absolute atomic E-state index is 12.0. The summed E-state index contributed by atoms with van der Waals surface area (Å²) in [5, 5.41) is 2.76. The number of para-hydroxylation sites is 2. The number of carbonyl (C=O) groups excluding carboxylic acids is 2. The van der Waals surface area contributed by atoms with Gasteiger partial charge in [-0.05, 0) is 31.2 Å². The first-order valence-corrected chi connectivity index (χ1v) is 8.38. The molecule has 6 heteroatoms. The van der Waals surface area contributed by atoms with Gasteiger partial charge in [0.25, 0.3) is 5.91 Å². The molecule has 0 aliphatic heterocycles. The van der Waals surface area contributed by atoms with E-state index < -0.39 is 0 Å². The lowest BCUT2D eigenvalue weighted by molar-refractivity contribution is -0.123. The summed E-state index contributed by atoms with van der Waals surface area (Å²) in [6.07, 6.45) is 0. The van der Waals surface area contributed by atoms with Crippen LogP contribution in [0.15, 0.2) is 48.5 Å². The van der Waals surface area contributed by atoms with Crippen molar-refractivity contribution < 1.29 is 19.1 Å². The fraction of sp³-hybridized carbons (Fsp3) is 0.300. The van der Waals surface area contributed by atoms with Gasteiger partial charge >= 0.3 is 0 Å². The quantitative estimate of drug-likeness (QED) is 0.789. The van der Waals surface area contributed by atoms with Gasteiger partial charge in [-0.1, -0.05) is 29.8 Å². The number of methoxy groups -OCH3 is 1. The maximum Gasteiger partial charge on any atom is 0.258 e. The third-order valence-electron chi connectivity index (χ3n) is 3.81. The van der Waals surface area contributed by atoms with Crippen LogP contribution in [0.2, 0.25) is 0 Å². The van der Waals surface area contributed by atoms with Crippen molar-refractivity contribution in [2.24, 2.45) is 0 Å². The molecular weight excluding hydrogens is 332 g/mol. The molecule has 0 aliphatic rings. The number of anilines is 1. The zero-order valence-corrected chi connectivity index (χ0v) is 15.3. The molecule has 2 rings (SSSR count). The second-order valence-corrected chi connectivity index (χ2v) is 5.80. The van der Waals surface area contributed by atoms with Gasteiger partial charge in [-0.3, -0.25) is 9.59 Å². The van der Waals surface area contributed by atoms with E-state index in [0.717, 1.165) is 11.3 Å². The molecule has 2 amide bonds. The Morgan fingerprint density at radius 2 is 1.69 bits per heavy atom. The van der Waals surface area contributed by atoms with E-state index in [-0.39, 0.29) is 18.4 Å². The minimum Gasteiger partial charge on any atom is -0.493 e. The Morgan fingerprint density at radius 3 is 2.31 bits per heavy atom. The SMILES string of the molecule is COc1ccccc1OCC(=O)NCCN(C(C)=O)c1ccc(C)cc1. The lowest BCUT2D eigenvalue weighted by Gasteiger charge is -2.21. The van der Waals surface area contributed by atoms with Crippen molar-refractivity contribution >= 4 is 17.5 Å². The van der Waals surface area contributed by atoms with Crippen LogP contribution in [0.5, 0.6) is 11.5 Å². The number of hydrogen-bond acceptors (Lipinski definition) is 4. The predicted molar refractivity (Wildman–Crippen MR) is 101 cm³/mol. The number of amides is 2. The number of nitrogens with one attached hydrogen (secondary N) is 1. The molecule has 0 fully saturated rings. The van der Waals surface area contributed by atoms with Crippen molar-refractivity contribution in [3.8, 4) is 11.5 Å². The summed E-state index contributed by atoms with van der Waals surface area (Å²) in [5.74, 6) is 0.745. The zero-order valence-electron chi connectivity index (χ0n) is 15.3. The van der Waals surface area contributed by atoms with Crippen LogP contribution in [0.3, 0.4) is 0 Å². The minimum atomic E-state index is -0.261. The maximum atomic E-state index is 12.0. The van der Waals surface area contributed by atoms with Crippen LogP contribution in [0, 0.1) is 6.92 Å². The molecular formula is C20H24N2O4. The molecule has 0 spiro atoms. The molecule has 0 aliphatic carbocycles. The Kier molecular flexibility index (Phi) is 7.02. The highest BCUT2D eigenvalue weighted by Crippen LogP contribution is 2.25. The fourth-order valence-corrected chi connectivity index (χ4v) is 2.43. The molecule has 1 N–H and O–H groups in total. The average Bonchev–Trinajstić information content (AvgIpc) is 2.64. The number of rotatable bonds is 8. The molecule has 138 valence electrons. The van der Waals surface area contributed by atoms with E-state index in [1.54, 1.807) is 24.1 Å². The number of carbonyl (C=O) groups is 2. The summed E-state index contributed by atoms with van der Waals surface area (Å²) in [5.41, 5.74) is 1.93. The van der Waals surface area contributed by atoms with Gasteiger partial charge in [0.2, 0.25) is 5.91 Å². The summed E-state index contributed by atoms with van der Waals surface area (Å²) in [6.45, 7) is 4.10. The highest BCUT2D eigenvalue weighted by Gasteiger charge is 2.12. The number of aryl methyl sites for hydroxylation is 1. The normalized spacial score (nSPS) is 10.1.